The molecule has 62 heavy (non-hydrogen) atoms. The monoisotopic (exact) mass is 865 g/mol. The van der Waals surface area contributed by atoms with Gasteiger partial charge >= 0.3 is 29.8 Å². The van der Waals surface area contributed by atoms with E-state index in [1.165, 1.54) is 51.4 Å². The molecule has 7 atom stereocenters. The molecule has 1 N–H and O–H groups in total. The summed E-state index contributed by atoms with van der Waals surface area (Å²) in [7, 11) is 0. The quantitative estimate of drug-likeness (QED) is 0.127. The maximum Gasteiger partial charge on any atom is 0.333 e. The molecule has 6 bridgehead atoms. The predicted molar refractivity (Wildman–Crippen MR) is 236 cm³/mol. The lowest BCUT2D eigenvalue weighted by molar-refractivity contribution is -0.217. The van der Waals surface area contributed by atoms with E-state index in [0.717, 1.165) is 57.8 Å². The van der Waals surface area contributed by atoms with E-state index < -0.39 is 11.2 Å². The molecule has 9 fully saturated rings. The predicted octanol–water partition coefficient (Wildman–Crippen LogP) is 9.79. The third kappa shape index (κ3) is 11.9. The van der Waals surface area contributed by atoms with Crippen molar-refractivity contribution in [3.63, 3.8) is 0 Å². The normalized spacial score (nSPS) is 33.1. The Morgan fingerprint density at radius 1 is 0.726 bits per heavy atom. The summed E-state index contributed by atoms with van der Waals surface area (Å²) in [6.45, 7) is 27.8. The highest BCUT2D eigenvalue weighted by atomic mass is 16.6. The van der Waals surface area contributed by atoms with E-state index in [1.807, 2.05) is 13.8 Å². The first-order valence-corrected chi connectivity index (χ1v) is 23.4. The molecule has 8 aliphatic carbocycles. The highest BCUT2D eigenvalue weighted by Crippen LogP contribution is 2.59. The first-order chi connectivity index (χ1) is 29.0. The lowest BCUT2D eigenvalue weighted by atomic mass is 9.52. The molecule has 1 aliphatic heterocycles. The molecule has 0 amide bonds. The van der Waals surface area contributed by atoms with Gasteiger partial charge in [-0.2, -0.15) is 0 Å². The van der Waals surface area contributed by atoms with Crippen molar-refractivity contribution in [2.45, 2.75) is 193 Å². The van der Waals surface area contributed by atoms with Crippen LogP contribution in [0.2, 0.25) is 0 Å². The molecule has 0 aromatic carbocycles. The maximum absolute atomic E-state index is 11.7. The lowest BCUT2D eigenvalue weighted by Gasteiger charge is -2.59. The standard InChI is InChI=1S/C14H20O3.C13H16O4.C13H22O2.C11H18O2/c1-9(2)12(15)17-14-6-10-3-11(7-14)5-13(16,4-10)8-14;1-6(2)12(14)17-10-4-7-3-8(10)11-9(7)5-16-13(11)15;1-10(2)12(14)15-13(3,4)11-8-6-5-7-9-11;1-4-11(7-5-6-8-11)13-10(12)9(2)3/h10-11,16H,1,3-8H2,2H3;7-11H,1,3-5H2,2H3;11H,1,5-9H2,2-4H3;2,4-8H2,1,3H3. The van der Waals surface area contributed by atoms with Gasteiger partial charge in [-0.3, -0.25) is 4.79 Å². The van der Waals surface area contributed by atoms with Crippen LogP contribution in [0.1, 0.15) is 164 Å². The van der Waals surface area contributed by atoms with Gasteiger partial charge in [0, 0.05) is 40.5 Å². The second-order valence-electron chi connectivity index (χ2n) is 21.0. The van der Waals surface area contributed by atoms with Crippen LogP contribution in [0.15, 0.2) is 48.6 Å². The van der Waals surface area contributed by atoms with Crippen molar-refractivity contribution >= 4 is 29.8 Å². The van der Waals surface area contributed by atoms with Crippen LogP contribution in [0.5, 0.6) is 0 Å². The summed E-state index contributed by atoms with van der Waals surface area (Å²) in [5.41, 5.74) is 0.380. The SMILES string of the molecule is C=C(C)C(=O)OC(C)(C)C1CCCCC1.C=C(C)C(=O)OC1(CC)CCCC1.C=C(C)C(=O)OC12CC3CC(CC(O)(C3)C1)C2.C=C(C)C(=O)OC1CC2CC1C1C(=O)OCC21. The number of aliphatic hydroxyl groups is 1. The van der Waals surface area contributed by atoms with Crippen molar-refractivity contribution in [1.82, 2.24) is 0 Å². The molecule has 11 nitrogen and oxygen atoms in total. The first-order valence-electron chi connectivity index (χ1n) is 23.4. The third-order valence-corrected chi connectivity index (χ3v) is 15.2. The highest BCUT2D eigenvalue weighted by molar-refractivity contribution is 5.88. The average Bonchev–Trinajstić information content (AvgIpc) is 3.99. The smallest absolute Gasteiger partial charge is 0.333 e. The minimum absolute atomic E-state index is 0.0309. The zero-order valence-electron chi connectivity index (χ0n) is 38.9. The Morgan fingerprint density at radius 2 is 1.27 bits per heavy atom. The van der Waals surface area contributed by atoms with Crippen molar-refractivity contribution < 1.29 is 52.8 Å². The highest BCUT2D eigenvalue weighted by Gasteiger charge is 2.61. The lowest BCUT2D eigenvalue weighted by Crippen LogP contribution is -2.60. The van der Waals surface area contributed by atoms with Gasteiger partial charge in [0.25, 0.3) is 0 Å². The van der Waals surface area contributed by atoms with Crippen LogP contribution >= 0.6 is 0 Å². The fourth-order valence-corrected chi connectivity index (χ4v) is 12.2. The van der Waals surface area contributed by atoms with Gasteiger partial charge in [-0.05, 0) is 155 Å². The van der Waals surface area contributed by atoms with Crippen LogP contribution in [0, 0.1) is 41.4 Å². The summed E-state index contributed by atoms with van der Waals surface area (Å²) in [5.74, 6) is 1.36. The Labute approximate surface area is 370 Å². The van der Waals surface area contributed by atoms with Crippen LogP contribution in [0.3, 0.4) is 0 Å². The number of esters is 5. The van der Waals surface area contributed by atoms with E-state index >= 15 is 0 Å². The summed E-state index contributed by atoms with van der Waals surface area (Å²) >= 11 is 0. The number of rotatable bonds is 10. The van der Waals surface area contributed by atoms with Crippen LogP contribution < -0.4 is 0 Å². The molecular weight excluding hydrogens is 789 g/mol. The van der Waals surface area contributed by atoms with Crippen molar-refractivity contribution in [2.75, 3.05) is 6.61 Å². The molecule has 346 valence electrons. The summed E-state index contributed by atoms with van der Waals surface area (Å²) in [4.78, 5) is 57.7. The van der Waals surface area contributed by atoms with E-state index in [0.29, 0.717) is 64.9 Å². The molecule has 0 aromatic heterocycles. The van der Waals surface area contributed by atoms with Crippen molar-refractivity contribution in [1.29, 1.82) is 0 Å². The minimum atomic E-state index is -0.570. The van der Waals surface area contributed by atoms with Gasteiger partial charge in [-0.15, -0.1) is 0 Å². The second kappa shape index (κ2) is 20.0. The zero-order chi connectivity index (χ0) is 45.8. The van der Waals surface area contributed by atoms with Gasteiger partial charge < -0.3 is 28.8 Å². The van der Waals surface area contributed by atoms with Gasteiger partial charge in [-0.25, -0.2) is 19.2 Å². The largest absolute Gasteiger partial charge is 0.465 e. The van der Waals surface area contributed by atoms with Gasteiger partial charge in [0.1, 0.15) is 22.9 Å². The Balaban J connectivity index is 0.000000157. The fraction of sp³-hybridized carbons (Fsp3) is 0.745. The number of carbonyl (C=O) groups is 5. The van der Waals surface area contributed by atoms with Crippen LogP contribution in [-0.4, -0.2) is 70.1 Å². The summed E-state index contributed by atoms with van der Waals surface area (Å²) in [5, 5.41) is 10.5. The Hall–Kier alpha value is -3.73. The van der Waals surface area contributed by atoms with E-state index in [9.17, 15) is 29.1 Å². The van der Waals surface area contributed by atoms with Gasteiger partial charge in [0.2, 0.25) is 0 Å². The molecule has 0 spiro atoms. The Bertz CT molecular complexity index is 1730. The van der Waals surface area contributed by atoms with Crippen molar-refractivity contribution in [3.05, 3.63) is 48.6 Å². The maximum atomic E-state index is 11.7. The second-order valence-corrected chi connectivity index (χ2v) is 21.0. The van der Waals surface area contributed by atoms with Crippen LogP contribution in [-0.2, 0) is 47.7 Å². The molecular formula is C51H76O11. The summed E-state index contributed by atoms with van der Waals surface area (Å²) < 4.78 is 27.2. The topological polar surface area (TPSA) is 152 Å². The van der Waals surface area contributed by atoms with E-state index in [-0.39, 0.29) is 59.0 Å². The van der Waals surface area contributed by atoms with E-state index in [4.69, 9.17) is 23.7 Å². The van der Waals surface area contributed by atoms with Crippen LogP contribution in [0.4, 0.5) is 0 Å². The van der Waals surface area contributed by atoms with Gasteiger partial charge in [-0.1, -0.05) is 52.5 Å². The van der Waals surface area contributed by atoms with Gasteiger partial charge in [0.15, 0.2) is 0 Å². The minimum Gasteiger partial charge on any atom is -0.465 e. The number of cyclic esters (lactones) is 1. The molecule has 1 saturated heterocycles. The Morgan fingerprint density at radius 3 is 1.79 bits per heavy atom. The van der Waals surface area contributed by atoms with Gasteiger partial charge in [0.05, 0.1) is 18.1 Å². The molecule has 9 rings (SSSR count). The van der Waals surface area contributed by atoms with E-state index in [1.54, 1.807) is 27.7 Å². The number of hydrogen-bond acceptors (Lipinski definition) is 11. The third-order valence-electron chi connectivity index (χ3n) is 15.2. The molecule has 9 aliphatic rings. The number of hydrogen-bond donors (Lipinski definition) is 1. The molecule has 0 radical (unpaired) electrons. The van der Waals surface area contributed by atoms with Crippen LogP contribution in [0.25, 0.3) is 0 Å². The number of ether oxygens (including phenoxy) is 5. The van der Waals surface area contributed by atoms with Crippen molar-refractivity contribution in [3.8, 4) is 0 Å². The first kappa shape index (κ1) is 49.3. The fourth-order valence-electron chi connectivity index (χ4n) is 12.2. The van der Waals surface area contributed by atoms with E-state index in [2.05, 4.69) is 33.2 Å². The summed E-state index contributed by atoms with van der Waals surface area (Å²) in [6.07, 6.45) is 18.8. The summed E-state index contributed by atoms with van der Waals surface area (Å²) in [6, 6.07) is 0. The molecule has 11 heteroatoms. The van der Waals surface area contributed by atoms with Crippen molar-refractivity contribution in [2.24, 2.45) is 41.4 Å². The zero-order valence-corrected chi connectivity index (χ0v) is 38.9. The molecule has 1 heterocycles. The number of carbonyl (C=O) groups excluding carboxylic acids is 5. The number of fused-ring (bicyclic) bond motifs is 5. The average molecular weight is 865 g/mol. The molecule has 0 aromatic rings. The Kier molecular flexibility index (Phi) is 15.9. The molecule has 8 saturated carbocycles. The molecule has 7 unspecified atom stereocenters.